The maximum absolute atomic E-state index is 13.0. The first-order valence-electron chi connectivity index (χ1n) is 15.1. The lowest BCUT2D eigenvalue weighted by molar-refractivity contribution is -0.138. The van der Waals surface area contributed by atoms with Crippen LogP contribution < -0.4 is 16.0 Å². The molecule has 0 spiro atoms. The van der Waals surface area contributed by atoms with Gasteiger partial charge in [-0.3, -0.25) is 19.2 Å². The Balaban J connectivity index is 1.57. The maximum Gasteiger partial charge on any atom is 0.303 e. The van der Waals surface area contributed by atoms with Crippen LogP contribution in [0.4, 0.5) is 0 Å². The van der Waals surface area contributed by atoms with Crippen molar-refractivity contribution in [1.29, 1.82) is 0 Å². The Morgan fingerprint density at radius 1 is 0.875 bits per heavy atom. The molecule has 40 heavy (non-hydrogen) atoms. The molecule has 3 atom stereocenters. The first-order valence-corrected chi connectivity index (χ1v) is 15.1. The van der Waals surface area contributed by atoms with Gasteiger partial charge in [-0.05, 0) is 43.6 Å². The average molecular weight is 558 g/mol. The number of benzene rings is 1. The number of aliphatic carboxylic acids is 1. The molecule has 9 nitrogen and oxygen atoms in total. The lowest BCUT2D eigenvalue weighted by Crippen LogP contribution is -2.51. The van der Waals surface area contributed by atoms with Gasteiger partial charge in [0.05, 0.1) is 18.6 Å². The Bertz CT molecular complexity index is 944. The summed E-state index contributed by atoms with van der Waals surface area (Å²) >= 11 is 0. The number of hydrogen-bond donors (Lipinski definition) is 5. The number of carboxylic acids is 1. The Morgan fingerprint density at radius 2 is 1.52 bits per heavy atom. The second-order valence-electron chi connectivity index (χ2n) is 11.5. The summed E-state index contributed by atoms with van der Waals surface area (Å²) in [5, 5.41) is 28.8. The summed E-state index contributed by atoms with van der Waals surface area (Å²) in [6, 6.07) is 8.08. The molecule has 0 unspecified atom stereocenters. The lowest BCUT2D eigenvalue weighted by atomic mass is 9.82. The lowest BCUT2D eigenvalue weighted by Gasteiger charge is -2.32. The number of rotatable bonds is 15. The zero-order valence-electron chi connectivity index (χ0n) is 23.6. The highest BCUT2D eigenvalue weighted by Crippen LogP contribution is 2.29. The van der Waals surface area contributed by atoms with E-state index in [0.717, 1.165) is 63.4 Å². The van der Waals surface area contributed by atoms with Crippen LogP contribution in [0.25, 0.3) is 0 Å². The van der Waals surface area contributed by atoms with Gasteiger partial charge in [0.25, 0.3) is 0 Å². The number of amides is 3. The standard InChI is InChI=1S/C31H47N3O6/c35-27(26(20-23-12-6-2-7-13-23)34-30(39)24-14-8-3-9-15-24)21-28(36)33-25(16-17-29(37)38)31(40)32-19-18-22-10-4-1-5-11-22/h1,4-5,10-11,23-27,35H,2-3,6-9,12-21H2,(H,32,40)(H,33,36)(H,34,39)(H,37,38)/t25-,26-,27-/m0/s1. The third kappa shape index (κ3) is 11.3. The van der Waals surface area contributed by atoms with E-state index >= 15 is 0 Å². The van der Waals surface area contributed by atoms with Crippen molar-refractivity contribution in [3.8, 4) is 0 Å². The summed E-state index contributed by atoms with van der Waals surface area (Å²) in [5.74, 6) is -1.76. The molecular formula is C31H47N3O6. The van der Waals surface area contributed by atoms with Gasteiger partial charge in [-0.25, -0.2) is 0 Å². The molecule has 0 radical (unpaired) electrons. The van der Waals surface area contributed by atoms with E-state index in [0.29, 0.717) is 25.3 Å². The molecule has 0 saturated heterocycles. The predicted octanol–water partition coefficient (Wildman–Crippen LogP) is 3.48. The van der Waals surface area contributed by atoms with Crippen molar-refractivity contribution in [2.75, 3.05) is 6.54 Å². The summed E-state index contributed by atoms with van der Waals surface area (Å²) in [7, 11) is 0. The van der Waals surface area contributed by atoms with Crippen LogP contribution in [0.15, 0.2) is 30.3 Å². The molecule has 2 saturated carbocycles. The van der Waals surface area contributed by atoms with Crippen LogP contribution in [0.1, 0.15) is 95.5 Å². The minimum Gasteiger partial charge on any atom is -0.481 e. The van der Waals surface area contributed by atoms with E-state index in [-0.39, 0.29) is 31.1 Å². The number of nitrogens with one attached hydrogen (secondary N) is 3. The minimum atomic E-state index is -1.10. The highest BCUT2D eigenvalue weighted by atomic mass is 16.4. The van der Waals surface area contributed by atoms with Crippen LogP contribution in [0.5, 0.6) is 0 Å². The molecule has 1 aromatic rings. The number of hydrogen-bond acceptors (Lipinski definition) is 5. The normalized spacial score (nSPS) is 18.7. The number of carboxylic acid groups (broad SMARTS) is 1. The zero-order valence-corrected chi connectivity index (χ0v) is 23.6. The van der Waals surface area contributed by atoms with E-state index in [2.05, 4.69) is 16.0 Å². The van der Waals surface area contributed by atoms with Gasteiger partial charge < -0.3 is 26.2 Å². The molecule has 3 rings (SSSR count). The molecule has 2 aliphatic carbocycles. The van der Waals surface area contributed by atoms with Crippen LogP contribution in [-0.4, -0.2) is 58.6 Å². The van der Waals surface area contributed by atoms with Crippen LogP contribution in [-0.2, 0) is 25.6 Å². The first-order chi connectivity index (χ1) is 19.3. The minimum absolute atomic E-state index is 0.0444. The van der Waals surface area contributed by atoms with Gasteiger partial charge in [0.2, 0.25) is 17.7 Å². The van der Waals surface area contributed by atoms with Gasteiger partial charge in [-0.1, -0.05) is 81.7 Å². The van der Waals surface area contributed by atoms with Gasteiger partial charge in [0, 0.05) is 18.9 Å². The molecule has 0 bridgehead atoms. The summed E-state index contributed by atoms with van der Waals surface area (Å²) < 4.78 is 0. The van der Waals surface area contributed by atoms with Crippen LogP contribution in [0.2, 0.25) is 0 Å². The van der Waals surface area contributed by atoms with Crippen molar-refractivity contribution >= 4 is 23.7 Å². The third-order valence-electron chi connectivity index (χ3n) is 8.33. The van der Waals surface area contributed by atoms with Crippen molar-refractivity contribution in [2.24, 2.45) is 11.8 Å². The van der Waals surface area contributed by atoms with E-state index in [1.54, 1.807) is 0 Å². The van der Waals surface area contributed by atoms with Gasteiger partial charge >= 0.3 is 5.97 Å². The second kappa shape index (κ2) is 17.0. The van der Waals surface area contributed by atoms with E-state index in [4.69, 9.17) is 5.11 Å². The Morgan fingerprint density at radius 3 is 2.17 bits per heavy atom. The number of carbonyl (C=O) groups excluding carboxylic acids is 3. The smallest absolute Gasteiger partial charge is 0.303 e. The van der Waals surface area contributed by atoms with Crippen LogP contribution >= 0.6 is 0 Å². The number of carbonyl (C=O) groups is 4. The quantitative estimate of drug-likeness (QED) is 0.223. The molecule has 5 N–H and O–H groups in total. The Labute approximate surface area is 237 Å². The molecule has 2 aliphatic rings. The highest BCUT2D eigenvalue weighted by Gasteiger charge is 2.31. The summed E-state index contributed by atoms with van der Waals surface area (Å²) in [6.07, 6.45) is 9.99. The Hall–Kier alpha value is -2.94. The van der Waals surface area contributed by atoms with Crippen molar-refractivity contribution in [3.05, 3.63) is 35.9 Å². The van der Waals surface area contributed by atoms with Crippen molar-refractivity contribution in [1.82, 2.24) is 16.0 Å². The van der Waals surface area contributed by atoms with Crippen molar-refractivity contribution < 1.29 is 29.4 Å². The largest absolute Gasteiger partial charge is 0.481 e. The fraction of sp³-hybridized carbons (Fsp3) is 0.677. The molecule has 222 valence electrons. The number of aliphatic hydroxyl groups is 1. The maximum atomic E-state index is 13.0. The van der Waals surface area contributed by atoms with Gasteiger partial charge in [-0.15, -0.1) is 0 Å². The SMILES string of the molecule is O=C(O)CC[C@H](NC(=O)C[C@H](O)[C@H](CC1CCCCC1)NC(=O)C1CCCCC1)C(=O)NCCc1ccccc1. The first kappa shape index (κ1) is 31.6. The Kier molecular flexibility index (Phi) is 13.4. The predicted molar refractivity (Wildman–Crippen MR) is 152 cm³/mol. The number of aliphatic hydroxyl groups excluding tert-OH is 1. The van der Waals surface area contributed by atoms with Gasteiger partial charge in [-0.2, -0.15) is 0 Å². The fourth-order valence-corrected chi connectivity index (χ4v) is 5.98. The molecule has 1 aromatic carbocycles. The van der Waals surface area contributed by atoms with E-state index in [1.807, 2.05) is 30.3 Å². The highest BCUT2D eigenvalue weighted by molar-refractivity contribution is 5.88. The van der Waals surface area contributed by atoms with Gasteiger partial charge in [0.15, 0.2) is 0 Å². The monoisotopic (exact) mass is 557 g/mol. The van der Waals surface area contributed by atoms with Crippen molar-refractivity contribution in [3.63, 3.8) is 0 Å². The summed E-state index contributed by atoms with van der Waals surface area (Å²) in [6.45, 7) is 0.349. The third-order valence-corrected chi connectivity index (χ3v) is 8.33. The average Bonchev–Trinajstić information content (AvgIpc) is 2.96. The molecule has 0 aromatic heterocycles. The van der Waals surface area contributed by atoms with Gasteiger partial charge in [0.1, 0.15) is 6.04 Å². The van der Waals surface area contributed by atoms with Crippen molar-refractivity contribution in [2.45, 2.75) is 114 Å². The molecule has 3 amide bonds. The van der Waals surface area contributed by atoms with E-state index in [9.17, 15) is 24.3 Å². The zero-order chi connectivity index (χ0) is 28.7. The molecule has 0 aliphatic heterocycles. The molecule has 9 heteroatoms. The molecule has 2 fully saturated rings. The second-order valence-corrected chi connectivity index (χ2v) is 11.5. The van der Waals surface area contributed by atoms with Crippen LogP contribution in [0, 0.1) is 11.8 Å². The molecule has 0 heterocycles. The summed E-state index contributed by atoms with van der Waals surface area (Å²) in [4.78, 5) is 50.0. The van der Waals surface area contributed by atoms with Crippen LogP contribution in [0.3, 0.4) is 0 Å². The topological polar surface area (TPSA) is 145 Å². The van der Waals surface area contributed by atoms with E-state index < -0.39 is 36.0 Å². The molecular weight excluding hydrogens is 510 g/mol. The summed E-state index contributed by atoms with van der Waals surface area (Å²) in [5.41, 5.74) is 1.05. The van der Waals surface area contributed by atoms with E-state index in [1.165, 1.54) is 6.42 Å². The fourth-order valence-electron chi connectivity index (χ4n) is 5.98.